The van der Waals surface area contributed by atoms with E-state index < -0.39 is 0 Å². The quantitative estimate of drug-likeness (QED) is 0.0862. The van der Waals surface area contributed by atoms with Gasteiger partial charge in [-0.05, 0) is 138 Å². The normalized spacial score (nSPS) is 10.5. The zero-order chi connectivity index (χ0) is 64.3. The van der Waals surface area contributed by atoms with E-state index in [9.17, 15) is 0 Å². The van der Waals surface area contributed by atoms with Crippen LogP contribution in [0.2, 0.25) is 0 Å². The average Bonchev–Trinajstić information content (AvgIpc) is 3.45. The van der Waals surface area contributed by atoms with Crippen LogP contribution in [-0.4, -0.2) is 0 Å². The second kappa shape index (κ2) is 38.8. The molecule has 6 aromatic rings. The molecule has 6 nitrogen and oxygen atoms in total. The third kappa shape index (κ3) is 23.0. The summed E-state index contributed by atoms with van der Waals surface area (Å²) in [6.07, 6.45) is 0. The minimum atomic E-state index is 0. The Morgan fingerprint density at radius 3 is 0.294 bits per heavy atom. The largest absolute Gasteiger partial charge is 0.238 e. The van der Waals surface area contributed by atoms with Crippen molar-refractivity contribution in [3.63, 3.8) is 0 Å². The smallest absolute Gasteiger partial charge is 0.194 e. The molecular weight excluding hydrogens is 1120 g/mol. The molecule has 0 heterocycles. The van der Waals surface area contributed by atoms with Crippen molar-refractivity contribution in [1.82, 2.24) is 0 Å². The Labute approximate surface area is 533 Å². The fraction of sp³-hybridized carbons (Fsp3) is 0.462. The number of hydrogen-bond donors (Lipinski definition) is 0. The number of hydrogen-bond acceptors (Lipinski definition) is 0. The van der Waals surface area contributed by atoms with Gasteiger partial charge in [0.2, 0.25) is 0 Å². The molecule has 450 valence electrons. The fourth-order valence-electron chi connectivity index (χ4n) is 9.85. The molecule has 0 aliphatic rings. The Kier molecular flexibility index (Phi) is 35.6. The van der Waals surface area contributed by atoms with Crippen LogP contribution in [0, 0.1) is 39.4 Å². The summed E-state index contributed by atoms with van der Waals surface area (Å²) in [6.45, 7) is 94.6. The Bertz CT molecular complexity index is 2560. The van der Waals surface area contributed by atoms with Crippen molar-refractivity contribution in [3.05, 3.63) is 244 Å². The summed E-state index contributed by atoms with van der Waals surface area (Å²) in [4.78, 5) is 22.0. The van der Waals surface area contributed by atoms with Crippen molar-refractivity contribution in [3.8, 4) is 0 Å². The Morgan fingerprint density at radius 2 is 0.247 bits per heavy atom. The number of para-hydroxylation sites is 6. The standard InChI is InChI=1S/6C13H17N.Mo/c6*1-9(2)11-7-6-8-12(10(3)4)13(11)14-5;/h6*6-10H,1-4H3;. The molecule has 0 radical (unpaired) electrons. The molecule has 0 bridgehead atoms. The maximum atomic E-state index is 7.24. The van der Waals surface area contributed by atoms with Crippen LogP contribution < -0.4 is 0 Å². The first-order valence-electron chi connectivity index (χ1n) is 30.5. The van der Waals surface area contributed by atoms with E-state index in [4.69, 9.17) is 39.4 Å². The van der Waals surface area contributed by atoms with Crippen molar-refractivity contribution in [1.29, 1.82) is 0 Å². The topological polar surface area (TPSA) is 26.2 Å². The predicted octanol–water partition coefficient (Wildman–Crippen LogP) is 26.9. The minimum Gasteiger partial charge on any atom is -0.238 e. The third-order valence-electron chi connectivity index (χ3n) is 14.7. The molecule has 85 heavy (non-hydrogen) atoms. The van der Waals surface area contributed by atoms with Crippen LogP contribution in [0.25, 0.3) is 29.1 Å². The summed E-state index contributed by atoms with van der Waals surface area (Å²) in [5, 5.41) is 0. The van der Waals surface area contributed by atoms with Crippen LogP contribution in [0.1, 0.15) is 304 Å². The van der Waals surface area contributed by atoms with Crippen molar-refractivity contribution >= 4 is 34.1 Å². The van der Waals surface area contributed by atoms with Gasteiger partial charge in [-0.3, -0.25) is 0 Å². The van der Waals surface area contributed by atoms with Crippen LogP contribution in [-0.2, 0) is 21.1 Å². The van der Waals surface area contributed by atoms with Gasteiger partial charge in [0.25, 0.3) is 0 Å². The first-order valence-corrected chi connectivity index (χ1v) is 30.5. The number of rotatable bonds is 12. The zero-order valence-corrected chi connectivity index (χ0v) is 58.4. The third-order valence-corrected chi connectivity index (χ3v) is 14.7. The van der Waals surface area contributed by atoms with Crippen molar-refractivity contribution in [2.24, 2.45) is 0 Å². The molecule has 6 aromatic carbocycles. The summed E-state index contributed by atoms with van der Waals surface area (Å²) in [5.41, 5.74) is 19.2. The maximum absolute atomic E-state index is 7.24. The van der Waals surface area contributed by atoms with E-state index in [1.54, 1.807) is 0 Å². The Hall–Kier alpha value is -7.05. The molecule has 0 amide bonds. The average molecular weight is 1220 g/mol. The molecule has 0 aromatic heterocycles. The molecule has 0 fully saturated rings. The molecule has 6 rings (SSSR count). The predicted molar refractivity (Wildman–Crippen MR) is 365 cm³/mol. The Morgan fingerprint density at radius 1 is 0.176 bits per heavy atom. The molecule has 0 aliphatic carbocycles. The first kappa shape index (κ1) is 77.9. The summed E-state index contributed by atoms with van der Waals surface area (Å²) < 4.78 is 0. The van der Waals surface area contributed by atoms with Gasteiger partial charge in [0.15, 0.2) is 34.1 Å². The molecule has 0 aliphatic heterocycles. The number of nitrogens with zero attached hydrogens (tertiary/aromatic N) is 6. The van der Waals surface area contributed by atoms with E-state index in [1.165, 1.54) is 66.8 Å². The summed E-state index contributed by atoms with van der Waals surface area (Å²) in [6, 6.07) is 37.0. The van der Waals surface area contributed by atoms with E-state index in [-0.39, 0.29) is 21.1 Å². The van der Waals surface area contributed by atoms with Gasteiger partial charge in [0.1, 0.15) is 0 Å². The fourth-order valence-corrected chi connectivity index (χ4v) is 9.85. The van der Waals surface area contributed by atoms with Gasteiger partial charge >= 0.3 is 0 Å². The summed E-state index contributed by atoms with van der Waals surface area (Å²) >= 11 is 0. The number of benzene rings is 6. The van der Waals surface area contributed by atoms with Gasteiger partial charge < -0.3 is 0 Å². The van der Waals surface area contributed by atoms with E-state index in [0.717, 1.165) is 34.1 Å². The second-order valence-electron chi connectivity index (χ2n) is 25.2. The van der Waals surface area contributed by atoms with Gasteiger partial charge in [0.05, 0.1) is 39.4 Å². The van der Waals surface area contributed by atoms with Gasteiger partial charge in [-0.2, -0.15) is 0 Å². The van der Waals surface area contributed by atoms with Crippen molar-refractivity contribution < 1.29 is 21.1 Å². The molecule has 0 N–H and O–H groups in total. The molecule has 0 unspecified atom stereocenters. The molecule has 0 saturated carbocycles. The second-order valence-corrected chi connectivity index (χ2v) is 25.2. The van der Waals surface area contributed by atoms with Crippen molar-refractivity contribution in [2.45, 2.75) is 237 Å². The van der Waals surface area contributed by atoms with E-state index in [0.29, 0.717) is 71.0 Å². The molecule has 0 atom stereocenters. The van der Waals surface area contributed by atoms with E-state index in [1.807, 2.05) is 0 Å². The first-order chi connectivity index (χ1) is 39.4. The molecule has 0 saturated heterocycles. The Balaban J connectivity index is 0.000000994. The zero-order valence-electron chi connectivity index (χ0n) is 56.4. The molecule has 7 heteroatoms. The van der Waals surface area contributed by atoms with Gasteiger partial charge in [-0.15, -0.1) is 0 Å². The van der Waals surface area contributed by atoms with E-state index >= 15 is 0 Å². The van der Waals surface area contributed by atoms with E-state index in [2.05, 4.69) is 304 Å². The monoisotopic (exact) mass is 1220 g/mol. The van der Waals surface area contributed by atoms with Gasteiger partial charge in [-0.1, -0.05) is 275 Å². The van der Waals surface area contributed by atoms with Crippen LogP contribution in [0.3, 0.4) is 0 Å². The van der Waals surface area contributed by atoms with Crippen molar-refractivity contribution in [2.75, 3.05) is 0 Å². The summed E-state index contributed by atoms with van der Waals surface area (Å²) in [5.74, 6) is 5.14. The SMILES string of the molecule is [C-]#[N+]c1c(C(C)C)cccc1C(C)C.[C-]#[N+]c1c(C(C)C)cccc1C(C)C.[C-]#[N+]c1c(C(C)C)cccc1C(C)C.[C-]#[N+]c1c(C(C)C)cccc1C(C)C.[C-]#[N+]c1c(C(C)C)cccc1C(C)C.[C-]#[N+]c1c(C(C)C)cccc1C(C)C.[Mo]. The van der Waals surface area contributed by atoms with Crippen LogP contribution in [0.4, 0.5) is 34.1 Å². The maximum Gasteiger partial charge on any atom is 0.194 e. The minimum absolute atomic E-state index is 0. The van der Waals surface area contributed by atoms with Crippen LogP contribution >= 0.6 is 0 Å². The van der Waals surface area contributed by atoms with Gasteiger partial charge in [-0.25, -0.2) is 29.1 Å². The van der Waals surface area contributed by atoms with Gasteiger partial charge in [0, 0.05) is 21.1 Å². The van der Waals surface area contributed by atoms with Crippen LogP contribution in [0.5, 0.6) is 0 Å². The summed E-state index contributed by atoms with van der Waals surface area (Å²) in [7, 11) is 0. The van der Waals surface area contributed by atoms with Crippen LogP contribution in [0.15, 0.2) is 109 Å². The molecular formula is C78H102MoN6. The molecule has 0 spiro atoms.